The van der Waals surface area contributed by atoms with Crippen molar-refractivity contribution in [3.8, 4) is 0 Å². The quantitative estimate of drug-likeness (QED) is 0.620. The molecule has 0 atom stereocenters. The number of carbonyl (C=O) groups excluding carboxylic acids is 1. The van der Waals surface area contributed by atoms with Crippen LogP contribution in [0.2, 0.25) is 0 Å². The predicted octanol–water partition coefficient (Wildman–Crippen LogP) is 2.54. The van der Waals surface area contributed by atoms with Gasteiger partial charge in [-0.1, -0.05) is 30.3 Å². The number of halogens is 1. The van der Waals surface area contributed by atoms with Gasteiger partial charge in [-0.3, -0.25) is 0 Å². The summed E-state index contributed by atoms with van der Waals surface area (Å²) in [5.74, 6) is 0.541. The van der Waals surface area contributed by atoms with Gasteiger partial charge in [-0.2, -0.15) is 0 Å². The molecule has 4 heteroatoms. The van der Waals surface area contributed by atoms with Gasteiger partial charge in [-0.05, 0) is 12.0 Å². The molecule has 0 saturated heterocycles. The highest BCUT2D eigenvalue weighted by Gasteiger charge is 2.00. The van der Waals surface area contributed by atoms with E-state index in [0.29, 0.717) is 19.0 Å². The van der Waals surface area contributed by atoms with Crippen molar-refractivity contribution in [1.29, 1.82) is 0 Å². The Hall–Kier alpha value is -1.22. The lowest BCUT2D eigenvalue weighted by atomic mass is 10.2. The molecule has 0 saturated carbocycles. The molecule has 82 valence electrons. The summed E-state index contributed by atoms with van der Waals surface area (Å²) < 4.78 is 4.98. The maximum Gasteiger partial charge on any atom is 0.407 e. The van der Waals surface area contributed by atoms with E-state index >= 15 is 0 Å². The molecule has 0 heterocycles. The van der Waals surface area contributed by atoms with Crippen LogP contribution in [0.5, 0.6) is 0 Å². The van der Waals surface area contributed by atoms with Gasteiger partial charge in [-0.25, -0.2) is 4.79 Å². The lowest BCUT2D eigenvalue weighted by molar-refractivity contribution is 0.139. The number of nitrogens with one attached hydrogen (secondary N) is 1. The van der Waals surface area contributed by atoms with Gasteiger partial charge in [0.25, 0.3) is 0 Å². The van der Waals surface area contributed by atoms with E-state index in [2.05, 4.69) is 5.32 Å². The van der Waals surface area contributed by atoms with E-state index in [1.54, 1.807) is 0 Å². The van der Waals surface area contributed by atoms with Gasteiger partial charge < -0.3 is 10.1 Å². The maximum atomic E-state index is 11.1. The van der Waals surface area contributed by atoms with Crippen molar-refractivity contribution >= 4 is 17.7 Å². The van der Waals surface area contributed by atoms with Crippen molar-refractivity contribution in [2.24, 2.45) is 0 Å². The highest BCUT2D eigenvalue weighted by molar-refractivity contribution is 6.17. The Morgan fingerprint density at radius 3 is 2.73 bits per heavy atom. The number of hydrogen-bond acceptors (Lipinski definition) is 2. The van der Waals surface area contributed by atoms with E-state index in [1.165, 1.54) is 0 Å². The molecule has 0 aromatic heterocycles. The molecule has 1 rings (SSSR count). The van der Waals surface area contributed by atoms with E-state index in [9.17, 15) is 4.79 Å². The van der Waals surface area contributed by atoms with E-state index < -0.39 is 6.09 Å². The first kappa shape index (κ1) is 11.9. The summed E-state index contributed by atoms with van der Waals surface area (Å²) in [6.45, 7) is 0.852. The Balaban J connectivity index is 2.17. The second-order valence-electron chi connectivity index (χ2n) is 3.03. The van der Waals surface area contributed by atoms with E-state index in [4.69, 9.17) is 16.3 Å². The minimum absolute atomic E-state index is 0.299. The fraction of sp³-hybridized carbons (Fsp3) is 0.364. The van der Waals surface area contributed by atoms with Crippen molar-refractivity contribution in [2.45, 2.75) is 13.0 Å². The van der Waals surface area contributed by atoms with Gasteiger partial charge in [0.2, 0.25) is 0 Å². The summed E-state index contributed by atoms with van der Waals surface area (Å²) in [7, 11) is 0. The van der Waals surface area contributed by atoms with Crippen LogP contribution in [-0.4, -0.2) is 18.5 Å². The lowest BCUT2D eigenvalue weighted by Gasteiger charge is -2.05. The smallest absolute Gasteiger partial charge is 0.407 e. The number of alkyl carbamates (subject to hydrolysis) is 1. The van der Waals surface area contributed by atoms with E-state index in [1.807, 2.05) is 30.3 Å². The number of carbonyl (C=O) groups is 1. The number of hydrogen-bond donors (Lipinski definition) is 1. The Kier molecular flexibility index (Phi) is 5.63. The van der Waals surface area contributed by atoms with Crippen LogP contribution in [0, 0.1) is 0 Å². The van der Waals surface area contributed by atoms with Crippen LogP contribution in [0.4, 0.5) is 4.79 Å². The molecular formula is C11H14ClNO2. The molecule has 15 heavy (non-hydrogen) atoms. The average Bonchev–Trinajstić information content (AvgIpc) is 2.28. The first-order valence-corrected chi connectivity index (χ1v) is 5.37. The van der Waals surface area contributed by atoms with E-state index in [0.717, 1.165) is 12.0 Å². The van der Waals surface area contributed by atoms with Crippen molar-refractivity contribution in [3.05, 3.63) is 35.9 Å². The average molecular weight is 228 g/mol. The molecule has 0 spiro atoms. The first-order chi connectivity index (χ1) is 7.33. The summed E-state index contributed by atoms with van der Waals surface area (Å²) in [5, 5.41) is 2.61. The summed E-state index contributed by atoms with van der Waals surface area (Å²) in [6.07, 6.45) is 0.353. The minimum Gasteiger partial charge on any atom is -0.445 e. The van der Waals surface area contributed by atoms with Crippen molar-refractivity contribution in [1.82, 2.24) is 5.32 Å². The standard InChI is InChI=1S/C11H14ClNO2/c12-7-4-8-13-11(14)15-9-10-5-2-1-3-6-10/h1-3,5-6H,4,7-9H2,(H,13,14). The van der Waals surface area contributed by atoms with Crippen LogP contribution < -0.4 is 5.32 Å². The van der Waals surface area contributed by atoms with E-state index in [-0.39, 0.29) is 0 Å². The molecule has 0 aliphatic rings. The molecule has 1 N–H and O–H groups in total. The van der Waals surface area contributed by atoms with Gasteiger partial charge in [0.15, 0.2) is 0 Å². The fourth-order valence-corrected chi connectivity index (χ4v) is 1.17. The summed E-state index contributed by atoms with van der Waals surface area (Å²) >= 11 is 5.47. The number of rotatable bonds is 5. The van der Waals surface area contributed by atoms with Crippen molar-refractivity contribution in [3.63, 3.8) is 0 Å². The lowest BCUT2D eigenvalue weighted by Crippen LogP contribution is -2.25. The van der Waals surface area contributed by atoms with Crippen molar-refractivity contribution < 1.29 is 9.53 Å². The highest BCUT2D eigenvalue weighted by Crippen LogP contribution is 2.00. The Bertz CT molecular complexity index is 290. The van der Waals surface area contributed by atoms with Crippen LogP contribution in [0.3, 0.4) is 0 Å². The molecule has 1 amide bonds. The maximum absolute atomic E-state index is 11.1. The number of ether oxygens (including phenoxy) is 1. The van der Waals surface area contributed by atoms with Crippen LogP contribution in [0.25, 0.3) is 0 Å². The number of benzene rings is 1. The van der Waals surface area contributed by atoms with Gasteiger partial charge in [0, 0.05) is 12.4 Å². The molecule has 0 bridgehead atoms. The predicted molar refractivity (Wildman–Crippen MR) is 60.0 cm³/mol. The monoisotopic (exact) mass is 227 g/mol. The zero-order chi connectivity index (χ0) is 10.9. The first-order valence-electron chi connectivity index (χ1n) is 4.83. The molecule has 1 aromatic rings. The van der Waals surface area contributed by atoms with Gasteiger partial charge in [0.05, 0.1) is 0 Å². The zero-order valence-corrected chi connectivity index (χ0v) is 9.17. The van der Waals surface area contributed by atoms with Gasteiger partial charge in [-0.15, -0.1) is 11.6 Å². The molecule has 0 fully saturated rings. The zero-order valence-electron chi connectivity index (χ0n) is 8.41. The molecule has 0 radical (unpaired) electrons. The van der Waals surface area contributed by atoms with Crippen molar-refractivity contribution in [2.75, 3.05) is 12.4 Å². The second-order valence-corrected chi connectivity index (χ2v) is 3.41. The molecule has 3 nitrogen and oxygen atoms in total. The van der Waals surface area contributed by atoms with Crippen LogP contribution >= 0.6 is 11.6 Å². The fourth-order valence-electron chi connectivity index (χ4n) is 1.03. The molecular weight excluding hydrogens is 214 g/mol. The molecule has 1 aromatic carbocycles. The third-order valence-corrected chi connectivity index (χ3v) is 2.06. The number of alkyl halides is 1. The summed E-state index contributed by atoms with van der Waals surface area (Å²) in [4.78, 5) is 11.1. The van der Waals surface area contributed by atoms with Crippen LogP contribution in [0.1, 0.15) is 12.0 Å². The summed E-state index contributed by atoms with van der Waals surface area (Å²) in [5.41, 5.74) is 0.977. The topological polar surface area (TPSA) is 38.3 Å². The molecule has 0 aliphatic carbocycles. The third kappa shape index (κ3) is 5.27. The third-order valence-electron chi connectivity index (χ3n) is 1.79. The Morgan fingerprint density at radius 1 is 1.33 bits per heavy atom. The highest BCUT2D eigenvalue weighted by atomic mass is 35.5. The molecule has 0 unspecified atom stereocenters. The van der Waals surface area contributed by atoms with Gasteiger partial charge in [0.1, 0.15) is 6.61 Å². The molecule has 0 aliphatic heterocycles. The van der Waals surface area contributed by atoms with Crippen LogP contribution in [-0.2, 0) is 11.3 Å². The normalized spacial score (nSPS) is 9.67. The Labute approximate surface area is 94.4 Å². The SMILES string of the molecule is O=C(NCCCCl)OCc1ccccc1. The minimum atomic E-state index is -0.399. The Morgan fingerprint density at radius 2 is 2.07 bits per heavy atom. The number of amides is 1. The second kappa shape index (κ2) is 7.12. The summed E-state index contributed by atoms with van der Waals surface area (Å²) in [6, 6.07) is 9.55. The largest absolute Gasteiger partial charge is 0.445 e. The van der Waals surface area contributed by atoms with Gasteiger partial charge >= 0.3 is 6.09 Å². The van der Waals surface area contributed by atoms with Crippen LogP contribution in [0.15, 0.2) is 30.3 Å².